The first-order chi connectivity index (χ1) is 18.4. The van der Waals surface area contributed by atoms with Crippen molar-refractivity contribution in [2.75, 3.05) is 18.5 Å². The molecule has 0 spiro atoms. The molecule has 10 heteroatoms. The summed E-state index contributed by atoms with van der Waals surface area (Å²) in [6.45, 7) is 0.0493. The lowest BCUT2D eigenvalue weighted by Crippen LogP contribution is -2.50. The van der Waals surface area contributed by atoms with Gasteiger partial charge in [0.2, 0.25) is 11.8 Å². The topological polar surface area (TPSA) is 129 Å². The van der Waals surface area contributed by atoms with E-state index in [4.69, 9.17) is 5.73 Å². The number of aromatic amines is 1. The molecule has 1 saturated heterocycles. The number of fused-ring (bicyclic) bond motifs is 1. The van der Waals surface area contributed by atoms with Crippen LogP contribution in [-0.4, -0.2) is 58.1 Å². The average molecular weight is 563 g/mol. The number of halogens is 2. The highest BCUT2D eigenvalue weighted by Crippen LogP contribution is 2.41. The lowest BCUT2D eigenvalue weighted by atomic mass is 9.76. The quantitative estimate of drug-likeness (QED) is 0.372. The first-order valence-electron chi connectivity index (χ1n) is 14.1. The van der Waals surface area contributed by atoms with Crippen LogP contribution in [0, 0.1) is 23.7 Å². The second-order valence-corrected chi connectivity index (χ2v) is 11.5. The molecule has 8 nitrogen and oxygen atoms in total. The van der Waals surface area contributed by atoms with Crippen molar-refractivity contribution in [3.8, 4) is 0 Å². The number of alkyl halides is 1. The van der Waals surface area contributed by atoms with Crippen LogP contribution in [0.3, 0.4) is 0 Å². The summed E-state index contributed by atoms with van der Waals surface area (Å²) in [5, 5.41) is 13.0. The molecule has 0 radical (unpaired) electrons. The fourth-order valence-electron chi connectivity index (χ4n) is 7.15. The number of carboxylic acids is 1. The maximum Gasteiger partial charge on any atom is 0.352 e. The zero-order valence-corrected chi connectivity index (χ0v) is 23.1. The van der Waals surface area contributed by atoms with E-state index in [0.717, 1.165) is 32.1 Å². The third-order valence-corrected chi connectivity index (χ3v) is 9.28. The number of rotatable bonds is 7. The fourth-order valence-corrected chi connectivity index (χ4v) is 7.15. The summed E-state index contributed by atoms with van der Waals surface area (Å²) < 4.78 is 13.1. The van der Waals surface area contributed by atoms with Crippen LogP contribution in [-0.2, 0) is 9.59 Å². The number of anilines is 1. The molecular formula is C29H40ClFN4O4. The van der Waals surface area contributed by atoms with Gasteiger partial charge in [0.1, 0.15) is 18.4 Å². The number of hydrogen-bond acceptors (Lipinski definition) is 4. The van der Waals surface area contributed by atoms with Gasteiger partial charge >= 0.3 is 5.97 Å². The lowest BCUT2D eigenvalue weighted by molar-refractivity contribution is -0.142. The molecule has 2 aromatic rings. The highest BCUT2D eigenvalue weighted by Gasteiger charge is 2.47. The van der Waals surface area contributed by atoms with Crippen LogP contribution >= 0.6 is 12.4 Å². The number of benzene rings is 1. The fraction of sp³-hybridized carbons (Fsp3) is 0.621. The third kappa shape index (κ3) is 6.24. The minimum atomic E-state index is -1.04. The van der Waals surface area contributed by atoms with E-state index in [2.05, 4.69) is 10.3 Å². The summed E-state index contributed by atoms with van der Waals surface area (Å²) in [5.74, 6) is -0.643. The summed E-state index contributed by atoms with van der Waals surface area (Å²) in [6, 6.07) is 5.85. The van der Waals surface area contributed by atoms with Crippen LogP contribution in [0.2, 0.25) is 0 Å². The van der Waals surface area contributed by atoms with Crippen molar-refractivity contribution in [3.05, 3.63) is 30.0 Å². The zero-order chi connectivity index (χ0) is 26.8. The highest BCUT2D eigenvalue weighted by molar-refractivity contribution is 6.00. The molecular weight excluding hydrogens is 523 g/mol. The number of nitrogens with one attached hydrogen (secondary N) is 2. The van der Waals surface area contributed by atoms with Gasteiger partial charge in [0.25, 0.3) is 0 Å². The van der Waals surface area contributed by atoms with Crippen LogP contribution < -0.4 is 11.1 Å². The predicted octanol–water partition coefficient (Wildman–Crippen LogP) is 5.13. The molecule has 2 aliphatic carbocycles. The minimum absolute atomic E-state index is 0. The highest BCUT2D eigenvalue weighted by atomic mass is 35.5. The molecule has 2 heterocycles. The maximum absolute atomic E-state index is 13.8. The predicted molar refractivity (Wildman–Crippen MR) is 151 cm³/mol. The van der Waals surface area contributed by atoms with Gasteiger partial charge < -0.3 is 26.0 Å². The Bertz CT molecular complexity index is 1180. The van der Waals surface area contributed by atoms with Gasteiger partial charge in [-0.3, -0.25) is 9.59 Å². The number of amides is 2. The number of aromatic nitrogens is 1. The van der Waals surface area contributed by atoms with Crippen molar-refractivity contribution in [2.45, 2.75) is 76.3 Å². The molecule has 1 aromatic carbocycles. The molecule has 3 aliphatic rings. The zero-order valence-electron chi connectivity index (χ0n) is 22.2. The first-order valence-corrected chi connectivity index (χ1v) is 14.1. The summed E-state index contributed by atoms with van der Waals surface area (Å²) in [6.07, 6.45) is 9.43. The molecule has 1 aliphatic heterocycles. The van der Waals surface area contributed by atoms with Crippen LogP contribution in [0.4, 0.5) is 10.1 Å². The molecule has 2 amide bonds. The number of H-pyrrole nitrogens is 1. The van der Waals surface area contributed by atoms with Crippen molar-refractivity contribution in [3.63, 3.8) is 0 Å². The van der Waals surface area contributed by atoms with Crippen molar-refractivity contribution < 1.29 is 23.9 Å². The van der Waals surface area contributed by atoms with Crippen molar-refractivity contribution in [1.82, 2.24) is 9.88 Å². The molecule has 0 bridgehead atoms. The van der Waals surface area contributed by atoms with Crippen LogP contribution in [0.15, 0.2) is 24.3 Å². The molecule has 5 N–H and O–H groups in total. The Morgan fingerprint density at radius 2 is 1.77 bits per heavy atom. The van der Waals surface area contributed by atoms with Crippen molar-refractivity contribution in [1.29, 1.82) is 0 Å². The number of carboxylic acid groups (broad SMARTS) is 1. The molecule has 3 fully saturated rings. The van der Waals surface area contributed by atoms with Crippen molar-refractivity contribution >= 4 is 46.8 Å². The van der Waals surface area contributed by atoms with Gasteiger partial charge in [-0.1, -0.05) is 32.1 Å². The Morgan fingerprint density at radius 1 is 1.05 bits per heavy atom. The van der Waals surface area contributed by atoms with E-state index in [0.29, 0.717) is 41.9 Å². The Hall–Kier alpha value is -2.65. The number of hydrogen-bond donors (Lipinski definition) is 4. The van der Waals surface area contributed by atoms with Gasteiger partial charge in [0.15, 0.2) is 0 Å². The van der Waals surface area contributed by atoms with E-state index in [9.17, 15) is 23.9 Å². The van der Waals surface area contributed by atoms with Crippen molar-refractivity contribution in [2.24, 2.45) is 29.4 Å². The van der Waals surface area contributed by atoms with Gasteiger partial charge in [-0.05, 0) is 74.1 Å². The first kappa shape index (κ1) is 29.3. The Morgan fingerprint density at radius 3 is 2.44 bits per heavy atom. The summed E-state index contributed by atoms with van der Waals surface area (Å²) in [5.41, 5.74) is 7.28. The molecule has 0 unspecified atom stereocenters. The number of likely N-dealkylation sites (tertiary alicyclic amines) is 1. The van der Waals surface area contributed by atoms with E-state index >= 15 is 0 Å². The Labute approximate surface area is 234 Å². The number of nitrogens with two attached hydrogens (primary N) is 1. The summed E-state index contributed by atoms with van der Waals surface area (Å²) in [4.78, 5) is 43.6. The monoisotopic (exact) mass is 562 g/mol. The summed E-state index contributed by atoms with van der Waals surface area (Å²) >= 11 is 0. The largest absolute Gasteiger partial charge is 0.477 e. The van der Waals surface area contributed by atoms with Crippen LogP contribution in [0.1, 0.15) is 74.7 Å². The molecule has 3 atom stereocenters. The minimum Gasteiger partial charge on any atom is -0.477 e. The number of aromatic carboxylic acids is 1. The average Bonchev–Trinajstić information content (AvgIpc) is 3.58. The van der Waals surface area contributed by atoms with Gasteiger partial charge in [-0.25, -0.2) is 9.18 Å². The Balaban J connectivity index is 0.00000353. The van der Waals surface area contributed by atoms with Gasteiger partial charge in [0.05, 0.1) is 0 Å². The van der Waals surface area contributed by atoms with E-state index < -0.39 is 24.7 Å². The Kier molecular flexibility index (Phi) is 9.54. The molecule has 1 aromatic heterocycles. The molecule has 5 rings (SSSR count). The lowest BCUT2D eigenvalue weighted by Gasteiger charge is -2.36. The van der Waals surface area contributed by atoms with E-state index in [-0.39, 0.29) is 47.7 Å². The van der Waals surface area contributed by atoms with Crippen LogP contribution in [0.25, 0.3) is 10.9 Å². The maximum atomic E-state index is 13.8. The summed E-state index contributed by atoms with van der Waals surface area (Å²) in [7, 11) is 0. The number of carbonyl (C=O) groups is 3. The van der Waals surface area contributed by atoms with E-state index in [1.54, 1.807) is 24.3 Å². The second-order valence-electron chi connectivity index (χ2n) is 11.5. The standard InChI is InChI=1S/C29H39FN4O4.ClH/c30-16-23(31)18-6-8-19(9-7-18)28(36)34-13-12-22(17-4-2-1-3-5-17)26(34)27(35)32-21-10-11-24-20(14-21)15-25(33-24)29(37)38;/h10-11,14-15,17-19,22-23,26,33H,1-9,12-13,16,31H2,(H,32,35)(H,37,38);1H/t18?,19?,22-,23+,26-;/m0./s1. The molecule has 39 heavy (non-hydrogen) atoms. The smallest absolute Gasteiger partial charge is 0.352 e. The number of nitrogens with zero attached hydrogens (tertiary/aromatic N) is 1. The van der Waals surface area contributed by atoms with Gasteiger partial charge in [-0.2, -0.15) is 0 Å². The van der Waals surface area contributed by atoms with Gasteiger partial charge in [0, 0.05) is 35.1 Å². The van der Waals surface area contributed by atoms with Gasteiger partial charge in [-0.15, -0.1) is 12.4 Å². The van der Waals surface area contributed by atoms with E-state index in [1.807, 2.05) is 4.90 Å². The second kappa shape index (κ2) is 12.7. The molecule has 2 saturated carbocycles. The van der Waals surface area contributed by atoms with E-state index in [1.165, 1.54) is 19.3 Å². The third-order valence-electron chi connectivity index (χ3n) is 9.28. The normalized spacial score (nSPS) is 26.7. The van der Waals surface area contributed by atoms with Crippen LogP contribution in [0.5, 0.6) is 0 Å². The molecule has 214 valence electrons. The SMILES string of the molecule is Cl.N[C@H](CF)C1CCC(C(=O)N2CC[C@@H](C3CCCCC3)[C@H]2C(=O)Nc2ccc3[nH]c(C(=O)O)cc3c2)CC1. The number of carbonyl (C=O) groups excluding carboxylic acids is 2.